The maximum atomic E-state index is 13.2. The Balaban J connectivity index is 1.48. The van der Waals surface area contributed by atoms with Crippen LogP contribution in [0.4, 0.5) is 13.2 Å². The number of aliphatic hydroxyl groups excluding tert-OH is 1. The third-order valence-electron chi connectivity index (χ3n) is 6.83. The average Bonchev–Trinajstić information content (AvgIpc) is 3.06. The van der Waals surface area contributed by atoms with Gasteiger partial charge in [0.15, 0.2) is 0 Å². The molecule has 1 saturated heterocycles. The Hall–Kier alpha value is -2.31. The van der Waals surface area contributed by atoms with E-state index in [0.717, 1.165) is 35.9 Å². The molecule has 2 aromatic carbocycles. The lowest BCUT2D eigenvalue weighted by atomic mass is 9.73. The number of likely N-dealkylation sites (tertiary alicyclic amines) is 1. The number of hydrogen-bond acceptors (Lipinski definition) is 2. The van der Waals surface area contributed by atoms with Crippen molar-refractivity contribution in [2.24, 2.45) is 0 Å². The largest absolute Gasteiger partial charge is 0.416 e. The first-order valence-corrected chi connectivity index (χ1v) is 11.2. The summed E-state index contributed by atoms with van der Waals surface area (Å²) in [5, 5.41) is 10.2. The Kier molecular flexibility index (Phi) is 6.37. The van der Waals surface area contributed by atoms with Crippen LogP contribution in [0.5, 0.6) is 0 Å². The molecule has 1 spiro atoms. The van der Waals surface area contributed by atoms with Gasteiger partial charge >= 0.3 is 6.18 Å². The first-order valence-electron chi connectivity index (χ1n) is 10.8. The fourth-order valence-corrected chi connectivity index (χ4v) is 5.70. The van der Waals surface area contributed by atoms with Gasteiger partial charge in [0.05, 0.1) is 5.56 Å². The summed E-state index contributed by atoms with van der Waals surface area (Å²) < 4.78 is 39.5. The summed E-state index contributed by atoms with van der Waals surface area (Å²) in [5.74, 6) is -0.0455. The molecule has 1 amide bonds. The molecule has 1 heterocycles. The van der Waals surface area contributed by atoms with Crippen molar-refractivity contribution in [2.45, 2.75) is 43.2 Å². The molecule has 2 aromatic rings. The van der Waals surface area contributed by atoms with Crippen LogP contribution in [0.1, 0.15) is 53.9 Å². The quantitative estimate of drug-likeness (QED) is 0.582. The van der Waals surface area contributed by atoms with E-state index in [1.165, 1.54) is 35.9 Å². The Morgan fingerprint density at radius 3 is 2.56 bits per heavy atom. The minimum Gasteiger partial charge on any atom is -0.396 e. The monoisotopic (exact) mass is 463 g/mol. The molecule has 4 rings (SSSR count). The predicted octanol–water partition coefficient (Wildman–Crippen LogP) is 5.80. The number of nitrogens with zero attached hydrogens (tertiary/aromatic N) is 1. The molecule has 3 nitrogen and oxygen atoms in total. The van der Waals surface area contributed by atoms with Gasteiger partial charge in [-0.05, 0) is 66.5 Å². The molecule has 1 atom stereocenters. The van der Waals surface area contributed by atoms with Crippen LogP contribution in [-0.4, -0.2) is 35.6 Å². The van der Waals surface area contributed by atoms with Crippen molar-refractivity contribution < 1.29 is 23.1 Å². The van der Waals surface area contributed by atoms with Crippen LogP contribution in [0, 0.1) is 0 Å². The molecule has 0 radical (unpaired) electrons. The smallest absolute Gasteiger partial charge is 0.396 e. The number of carbonyl (C=O) groups is 1. The van der Waals surface area contributed by atoms with E-state index in [-0.39, 0.29) is 29.4 Å². The van der Waals surface area contributed by atoms with Crippen molar-refractivity contribution in [1.82, 2.24) is 4.90 Å². The average molecular weight is 464 g/mol. The normalized spacial score (nSPS) is 20.2. The van der Waals surface area contributed by atoms with Crippen molar-refractivity contribution in [3.8, 4) is 0 Å². The summed E-state index contributed by atoms with van der Waals surface area (Å²) in [5.41, 5.74) is 1.42. The highest BCUT2D eigenvalue weighted by molar-refractivity contribution is 6.31. The minimum absolute atomic E-state index is 0.0230. The van der Waals surface area contributed by atoms with Crippen molar-refractivity contribution in [1.29, 1.82) is 0 Å². The van der Waals surface area contributed by atoms with E-state index in [1.807, 2.05) is 12.1 Å². The first kappa shape index (κ1) is 22.9. The second kappa shape index (κ2) is 8.91. The van der Waals surface area contributed by atoms with Gasteiger partial charge < -0.3 is 10.0 Å². The van der Waals surface area contributed by atoms with E-state index < -0.39 is 11.7 Å². The topological polar surface area (TPSA) is 40.5 Å². The number of carbonyl (C=O) groups excluding carboxylic acids is 1. The summed E-state index contributed by atoms with van der Waals surface area (Å²) in [6.07, 6.45) is 1.06. The van der Waals surface area contributed by atoms with Gasteiger partial charge in [-0.3, -0.25) is 4.79 Å². The van der Waals surface area contributed by atoms with Crippen LogP contribution < -0.4 is 0 Å². The van der Waals surface area contributed by atoms with Gasteiger partial charge in [0.2, 0.25) is 5.91 Å². The number of piperidine rings is 1. The standard InChI is InChI=1S/C25H25ClF3NO2/c26-21-7-3-5-19-18(10-15-31)16-24(23(19)21)11-13-30(14-12-24)22(32)9-8-17-4-1-2-6-20(17)25(27,28)29/h1-9,18,31H,10-16H2/b9-8+. The molecule has 0 aromatic heterocycles. The first-order chi connectivity index (χ1) is 15.2. The van der Waals surface area contributed by atoms with Crippen LogP contribution in [0.2, 0.25) is 5.02 Å². The number of halogens is 4. The SMILES string of the molecule is O=C(/C=C/c1ccccc1C(F)(F)F)N1CCC2(CC1)CC(CCO)c1cccc(Cl)c12. The zero-order valence-corrected chi connectivity index (χ0v) is 18.3. The van der Waals surface area contributed by atoms with Crippen LogP contribution in [0.25, 0.3) is 6.08 Å². The third-order valence-corrected chi connectivity index (χ3v) is 7.15. The molecule has 7 heteroatoms. The van der Waals surface area contributed by atoms with Crippen LogP contribution in [0.3, 0.4) is 0 Å². The number of hydrogen-bond donors (Lipinski definition) is 1. The zero-order chi connectivity index (χ0) is 22.9. The Morgan fingerprint density at radius 2 is 1.88 bits per heavy atom. The molecule has 170 valence electrons. The second-order valence-electron chi connectivity index (χ2n) is 8.64. The van der Waals surface area contributed by atoms with Gasteiger partial charge in [-0.2, -0.15) is 13.2 Å². The summed E-state index contributed by atoms with van der Waals surface area (Å²) in [6, 6.07) is 11.1. The maximum absolute atomic E-state index is 13.2. The van der Waals surface area contributed by atoms with Crippen LogP contribution in [0.15, 0.2) is 48.5 Å². The van der Waals surface area contributed by atoms with E-state index >= 15 is 0 Å². The van der Waals surface area contributed by atoms with Gasteiger partial charge in [-0.25, -0.2) is 0 Å². The van der Waals surface area contributed by atoms with Crippen molar-refractivity contribution in [3.05, 3.63) is 75.8 Å². The number of benzene rings is 2. The fraction of sp³-hybridized carbons (Fsp3) is 0.400. The number of alkyl halides is 3. The number of fused-ring (bicyclic) bond motifs is 2. The molecule has 0 bridgehead atoms. The van der Waals surface area contributed by atoms with Gasteiger partial charge in [-0.15, -0.1) is 0 Å². The number of rotatable bonds is 4. The highest BCUT2D eigenvalue weighted by Gasteiger charge is 2.46. The van der Waals surface area contributed by atoms with Crippen molar-refractivity contribution in [3.63, 3.8) is 0 Å². The summed E-state index contributed by atoms with van der Waals surface area (Å²) in [6.45, 7) is 1.14. The van der Waals surface area contributed by atoms with E-state index in [0.29, 0.717) is 19.5 Å². The fourth-order valence-electron chi connectivity index (χ4n) is 5.31. The highest BCUT2D eigenvalue weighted by Crippen LogP contribution is 2.54. The minimum atomic E-state index is -4.47. The van der Waals surface area contributed by atoms with E-state index in [9.17, 15) is 23.1 Å². The Morgan fingerprint density at radius 1 is 1.16 bits per heavy atom. The summed E-state index contributed by atoms with van der Waals surface area (Å²) in [7, 11) is 0. The van der Waals surface area contributed by atoms with Gasteiger partial charge in [0.25, 0.3) is 0 Å². The van der Waals surface area contributed by atoms with Gasteiger partial charge in [-0.1, -0.05) is 41.9 Å². The summed E-state index contributed by atoms with van der Waals surface area (Å²) in [4.78, 5) is 14.4. The Labute approximate surface area is 190 Å². The third kappa shape index (κ3) is 4.30. The Bertz CT molecular complexity index is 1030. The molecule has 1 N–H and O–H groups in total. The lowest BCUT2D eigenvalue weighted by Gasteiger charge is -2.40. The maximum Gasteiger partial charge on any atom is 0.416 e. The molecule has 32 heavy (non-hydrogen) atoms. The lowest BCUT2D eigenvalue weighted by Crippen LogP contribution is -2.44. The molecule has 0 saturated carbocycles. The van der Waals surface area contributed by atoms with Crippen molar-refractivity contribution >= 4 is 23.6 Å². The van der Waals surface area contributed by atoms with Crippen molar-refractivity contribution in [2.75, 3.05) is 19.7 Å². The molecule has 1 aliphatic heterocycles. The highest BCUT2D eigenvalue weighted by atomic mass is 35.5. The predicted molar refractivity (Wildman–Crippen MR) is 118 cm³/mol. The molecule has 2 aliphatic rings. The van der Waals surface area contributed by atoms with Gasteiger partial charge in [0, 0.05) is 36.2 Å². The molecular formula is C25H25ClF3NO2. The second-order valence-corrected chi connectivity index (χ2v) is 9.05. The van der Waals surface area contributed by atoms with Crippen LogP contribution >= 0.6 is 11.6 Å². The lowest BCUT2D eigenvalue weighted by molar-refractivity contribution is -0.137. The molecule has 1 fully saturated rings. The molecular weight excluding hydrogens is 439 g/mol. The van der Waals surface area contributed by atoms with E-state index in [2.05, 4.69) is 6.07 Å². The summed E-state index contributed by atoms with van der Waals surface area (Å²) >= 11 is 6.58. The molecule has 1 unspecified atom stereocenters. The molecule has 1 aliphatic carbocycles. The van der Waals surface area contributed by atoms with Gasteiger partial charge in [0.1, 0.15) is 0 Å². The number of amides is 1. The zero-order valence-electron chi connectivity index (χ0n) is 17.5. The van der Waals surface area contributed by atoms with E-state index in [4.69, 9.17) is 11.6 Å². The number of aliphatic hydroxyl groups is 1. The van der Waals surface area contributed by atoms with Crippen LogP contribution in [-0.2, 0) is 16.4 Å². The van der Waals surface area contributed by atoms with E-state index in [1.54, 1.807) is 4.90 Å².